The number of carboxylic acid groups (broad SMARTS) is 1. The summed E-state index contributed by atoms with van der Waals surface area (Å²) >= 11 is 0. The van der Waals surface area contributed by atoms with Crippen molar-refractivity contribution in [1.29, 1.82) is 0 Å². The third-order valence-corrected chi connectivity index (χ3v) is 4.03. The van der Waals surface area contributed by atoms with Crippen molar-refractivity contribution in [1.82, 2.24) is 4.98 Å². The minimum atomic E-state index is -0.757. The van der Waals surface area contributed by atoms with Gasteiger partial charge < -0.3 is 10.0 Å². The van der Waals surface area contributed by atoms with Gasteiger partial charge in [0, 0.05) is 18.1 Å². The molecule has 1 aliphatic rings. The van der Waals surface area contributed by atoms with E-state index < -0.39 is 12.0 Å². The van der Waals surface area contributed by atoms with Crippen molar-refractivity contribution in [3.05, 3.63) is 36.0 Å². The van der Waals surface area contributed by atoms with Gasteiger partial charge in [-0.25, -0.2) is 9.78 Å². The summed E-state index contributed by atoms with van der Waals surface area (Å²) in [4.78, 5) is 17.8. The van der Waals surface area contributed by atoms with Gasteiger partial charge in [-0.15, -0.1) is 0 Å². The highest BCUT2D eigenvalue weighted by atomic mass is 16.4. The molecule has 3 rings (SSSR count). The number of anilines is 1. The van der Waals surface area contributed by atoms with Crippen LogP contribution < -0.4 is 4.90 Å². The lowest BCUT2D eigenvalue weighted by Crippen LogP contribution is -2.36. The number of aryl methyl sites for hydroxylation is 1. The van der Waals surface area contributed by atoms with Gasteiger partial charge in [-0.3, -0.25) is 0 Å². The number of rotatable bonds is 3. The summed E-state index contributed by atoms with van der Waals surface area (Å²) in [7, 11) is 0. The third-order valence-electron chi connectivity index (χ3n) is 4.03. The number of aliphatic carboxylic acids is 1. The molecule has 0 aliphatic carbocycles. The molecule has 0 saturated carbocycles. The molecule has 1 fully saturated rings. The first-order valence-electron chi connectivity index (χ1n) is 7.08. The first-order chi connectivity index (χ1) is 9.70. The molecule has 2 aromatic rings. The van der Waals surface area contributed by atoms with Crippen LogP contribution in [0.2, 0.25) is 0 Å². The van der Waals surface area contributed by atoms with Gasteiger partial charge in [0.2, 0.25) is 0 Å². The molecule has 2 heterocycles. The van der Waals surface area contributed by atoms with E-state index in [9.17, 15) is 9.90 Å². The first-order valence-corrected chi connectivity index (χ1v) is 7.08. The highest BCUT2D eigenvalue weighted by Gasteiger charge is 2.32. The fraction of sp³-hybridized carbons (Fsp3) is 0.375. The summed E-state index contributed by atoms with van der Waals surface area (Å²) in [5.74, 6) is 0.0515. The van der Waals surface area contributed by atoms with Crippen molar-refractivity contribution in [2.45, 2.75) is 32.2 Å². The average molecular weight is 270 g/mol. The summed E-state index contributed by atoms with van der Waals surface area (Å²) in [6, 6.07) is 7.87. The van der Waals surface area contributed by atoms with Crippen LogP contribution in [0.5, 0.6) is 0 Å². The number of carbonyl (C=O) groups is 1. The number of pyridine rings is 1. The lowest BCUT2D eigenvalue weighted by molar-refractivity contribution is -0.138. The molecule has 4 heteroatoms. The van der Waals surface area contributed by atoms with Gasteiger partial charge in [0.05, 0.1) is 0 Å². The highest BCUT2D eigenvalue weighted by Crippen LogP contribution is 2.31. The highest BCUT2D eigenvalue weighted by molar-refractivity contribution is 5.94. The molecule has 1 aromatic heterocycles. The molecule has 1 aliphatic heterocycles. The van der Waals surface area contributed by atoms with Gasteiger partial charge in [0.25, 0.3) is 0 Å². The minimum Gasteiger partial charge on any atom is -0.480 e. The largest absolute Gasteiger partial charge is 0.480 e. The SMILES string of the molecule is CCc1ccc2ccnc(N3CCCC3C(=O)O)c2c1. The summed E-state index contributed by atoms with van der Waals surface area (Å²) < 4.78 is 0. The van der Waals surface area contributed by atoms with E-state index in [-0.39, 0.29) is 0 Å². The fourth-order valence-corrected chi connectivity index (χ4v) is 2.93. The molecule has 4 nitrogen and oxygen atoms in total. The zero-order valence-corrected chi connectivity index (χ0v) is 11.5. The van der Waals surface area contributed by atoms with Crippen LogP contribution in [0.1, 0.15) is 25.3 Å². The fourth-order valence-electron chi connectivity index (χ4n) is 2.93. The summed E-state index contributed by atoms with van der Waals surface area (Å²) in [6.45, 7) is 2.88. The molecule has 1 aromatic carbocycles. The van der Waals surface area contributed by atoms with Gasteiger partial charge in [0.15, 0.2) is 0 Å². The quantitative estimate of drug-likeness (QED) is 0.931. The van der Waals surface area contributed by atoms with Gasteiger partial charge in [-0.1, -0.05) is 19.1 Å². The standard InChI is InChI=1S/C16H18N2O2/c1-2-11-5-6-12-7-8-17-15(13(12)10-11)18-9-3-4-14(18)16(19)20/h5-8,10,14H,2-4,9H2,1H3,(H,19,20). The van der Waals surface area contributed by atoms with Gasteiger partial charge in [-0.05, 0) is 42.3 Å². The Hall–Kier alpha value is -2.10. The van der Waals surface area contributed by atoms with Crippen LogP contribution in [0.25, 0.3) is 10.8 Å². The second-order valence-electron chi connectivity index (χ2n) is 5.23. The van der Waals surface area contributed by atoms with Crippen LogP contribution in [0, 0.1) is 0 Å². The van der Waals surface area contributed by atoms with Crippen molar-refractivity contribution in [3.63, 3.8) is 0 Å². The molecule has 1 unspecified atom stereocenters. The van der Waals surface area contributed by atoms with Crippen LogP contribution in [-0.2, 0) is 11.2 Å². The van der Waals surface area contributed by atoms with E-state index in [1.165, 1.54) is 5.56 Å². The molecule has 20 heavy (non-hydrogen) atoms. The monoisotopic (exact) mass is 270 g/mol. The Morgan fingerprint density at radius 1 is 1.45 bits per heavy atom. The number of fused-ring (bicyclic) bond motifs is 1. The van der Waals surface area contributed by atoms with Crippen LogP contribution >= 0.6 is 0 Å². The number of hydrogen-bond acceptors (Lipinski definition) is 3. The Morgan fingerprint density at radius 3 is 3.05 bits per heavy atom. The summed E-state index contributed by atoms with van der Waals surface area (Å²) in [5, 5.41) is 11.5. The predicted octanol–water partition coefficient (Wildman–Crippen LogP) is 2.85. The van der Waals surface area contributed by atoms with Crippen molar-refractivity contribution in [2.75, 3.05) is 11.4 Å². The summed E-state index contributed by atoms with van der Waals surface area (Å²) in [5.41, 5.74) is 1.25. The van der Waals surface area contributed by atoms with Gasteiger partial charge in [-0.2, -0.15) is 0 Å². The Morgan fingerprint density at radius 2 is 2.30 bits per heavy atom. The molecule has 0 bridgehead atoms. The van der Waals surface area contributed by atoms with E-state index in [2.05, 4.69) is 30.1 Å². The smallest absolute Gasteiger partial charge is 0.326 e. The van der Waals surface area contributed by atoms with E-state index in [1.807, 2.05) is 11.0 Å². The maximum atomic E-state index is 11.4. The maximum Gasteiger partial charge on any atom is 0.326 e. The number of nitrogens with zero attached hydrogens (tertiary/aromatic N) is 2. The first kappa shape index (κ1) is 12.9. The van der Waals surface area contributed by atoms with E-state index in [0.717, 1.165) is 36.0 Å². The van der Waals surface area contributed by atoms with Crippen LogP contribution in [0.4, 0.5) is 5.82 Å². The predicted molar refractivity (Wildman–Crippen MR) is 79.1 cm³/mol. The molecular formula is C16H18N2O2. The number of aromatic nitrogens is 1. The third kappa shape index (κ3) is 2.11. The maximum absolute atomic E-state index is 11.4. The second-order valence-corrected chi connectivity index (χ2v) is 5.23. The zero-order valence-electron chi connectivity index (χ0n) is 11.5. The second kappa shape index (κ2) is 5.12. The molecule has 1 N–H and O–H groups in total. The van der Waals surface area contributed by atoms with Crippen molar-refractivity contribution in [2.24, 2.45) is 0 Å². The van der Waals surface area contributed by atoms with Crippen molar-refractivity contribution >= 4 is 22.6 Å². The molecule has 0 radical (unpaired) electrons. The number of hydrogen-bond donors (Lipinski definition) is 1. The zero-order chi connectivity index (χ0) is 14.1. The Labute approximate surface area is 118 Å². The topological polar surface area (TPSA) is 53.4 Å². The van der Waals surface area contributed by atoms with Crippen LogP contribution in [0.15, 0.2) is 30.5 Å². The van der Waals surface area contributed by atoms with E-state index >= 15 is 0 Å². The van der Waals surface area contributed by atoms with Crippen LogP contribution in [0.3, 0.4) is 0 Å². The molecular weight excluding hydrogens is 252 g/mol. The minimum absolute atomic E-state index is 0.446. The molecule has 0 amide bonds. The molecule has 1 saturated heterocycles. The number of benzene rings is 1. The summed E-state index contributed by atoms with van der Waals surface area (Å²) in [6.07, 6.45) is 4.33. The van der Waals surface area contributed by atoms with Crippen molar-refractivity contribution < 1.29 is 9.90 Å². The Bertz CT molecular complexity index is 654. The normalized spacial score (nSPS) is 18.6. The molecule has 0 spiro atoms. The molecule has 104 valence electrons. The molecule has 1 atom stereocenters. The van der Waals surface area contributed by atoms with Crippen molar-refractivity contribution in [3.8, 4) is 0 Å². The Balaban J connectivity index is 2.13. The Kier molecular flexibility index (Phi) is 3.30. The van der Waals surface area contributed by atoms with E-state index in [4.69, 9.17) is 0 Å². The van der Waals surface area contributed by atoms with Crippen LogP contribution in [-0.4, -0.2) is 28.6 Å². The lowest BCUT2D eigenvalue weighted by atomic mass is 10.1. The van der Waals surface area contributed by atoms with E-state index in [1.54, 1.807) is 6.20 Å². The number of carboxylic acids is 1. The van der Waals surface area contributed by atoms with Gasteiger partial charge in [0.1, 0.15) is 11.9 Å². The average Bonchev–Trinajstić information content (AvgIpc) is 2.95. The van der Waals surface area contributed by atoms with E-state index in [0.29, 0.717) is 6.42 Å². The van der Waals surface area contributed by atoms with Gasteiger partial charge >= 0.3 is 5.97 Å². The lowest BCUT2D eigenvalue weighted by Gasteiger charge is -2.24.